The minimum absolute atomic E-state index is 0.929. The molecule has 2 fully saturated rings. The van der Waals surface area contributed by atoms with Gasteiger partial charge in [0.15, 0.2) is 0 Å². The summed E-state index contributed by atoms with van der Waals surface area (Å²) in [6, 6.07) is 0.929. The molecule has 1 heteroatoms. The fraction of sp³-hybridized carbons (Fsp3) is 1.00. The van der Waals surface area contributed by atoms with E-state index in [1.807, 2.05) is 0 Å². The maximum Gasteiger partial charge on any atom is 0.0121 e. The Bertz CT molecular complexity index is 155. The van der Waals surface area contributed by atoms with E-state index < -0.39 is 0 Å². The van der Waals surface area contributed by atoms with Crippen molar-refractivity contribution in [2.24, 2.45) is 5.92 Å². The normalized spacial score (nSPS) is 28.1. The van der Waals surface area contributed by atoms with Crippen LogP contribution in [0.25, 0.3) is 0 Å². The van der Waals surface area contributed by atoms with Crippen molar-refractivity contribution in [2.45, 2.75) is 64.3 Å². The predicted molar refractivity (Wildman–Crippen MR) is 61.5 cm³/mol. The fourth-order valence-electron chi connectivity index (χ4n) is 3.48. The SMILES string of the molecule is CC[C@H](C1CCCC1)N1CCCCC1. The van der Waals surface area contributed by atoms with E-state index in [4.69, 9.17) is 0 Å². The third kappa shape index (κ3) is 2.31. The van der Waals surface area contributed by atoms with E-state index in [1.165, 1.54) is 64.5 Å². The van der Waals surface area contributed by atoms with Crippen LogP contribution in [0, 0.1) is 5.92 Å². The zero-order chi connectivity index (χ0) is 9.80. The Hall–Kier alpha value is -0.0400. The molecule has 1 saturated heterocycles. The minimum atomic E-state index is 0.929. The van der Waals surface area contributed by atoms with Crippen molar-refractivity contribution >= 4 is 0 Å². The van der Waals surface area contributed by atoms with E-state index in [-0.39, 0.29) is 0 Å². The molecule has 1 heterocycles. The summed E-state index contributed by atoms with van der Waals surface area (Å²) in [7, 11) is 0. The Morgan fingerprint density at radius 3 is 2.21 bits per heavy atom. The number of hydrogen-bond acceptors (Lipinski definition) is 1. The summed E-state index contributed by atoms with van der Waals surface area (Å²) >= 11 is 0. The Labute approximate surface area is 88.9 Å². The van der Waals surface area contributed by atoms with Crippen LogP contribution in [0.15, 0.2) is 0 Å². The van der Waals surface area contributed by atoms with Crippen LogP contribution in [0.5, 0.6) is 0 Å². The van der Waals surface area contributed by atoms with Gasteiger partial charge in [-0.05, 0) is 51.1 Å². The second kappa shape index (κ2) is 5.16. The molecule has 1 atom stereocenters. The summed E-state index contributed by atoms with van der Waals surface area (Å²) in [5, 5.41) is 0. The molecule has 0 bridgehead atoms. The van der Waals surface area contributed by atoms with Gasteiger partial charge in [0.1, 0.15) is 0 Å². The molecule has 14 heavy (non-hydrogen) atoms. The van der Waals surface area contributed by atoms with E-state index in [9.17, 15) is 0 Å². The molecule has 2 rings (SSSR count). The standard InChI is InChI=1S/C13H25N/c1-2-13(12-8-4-5-9-12)14-10-6-3-7-11-14/h12-13H,2-11H2,1H3/t13-/m1/s1. The van der Waals surface area contributed by atoms with E-state index in [0.29, 0.717) is 0 Å². The molecule has 0 spiro atoms. The molecule has 2 aliphatic rings. The molecule has 0 aromatic rings. The highest BCUT2D eigenvalue weighted by Gasteiger charge is 2.28. The largest absolute Gasteiger partial charge is 0.300 e. The van der Waals surface area contributed by atoms with Crippen LogP contribution >= 0.6 is 0 Å². The Morgan fingerprint density at radius 2 is 1.64 bits per heavy atom. The Kier molecular flexibility index (Phi) is 3.86. The van der Waals surface area contributed by atoms with Crippen molar-refractivity contribution in [3.05, 3.63) is 0 Å². The molecule has 0 N–H and O–H groups in total. The topological polar surface area (TPSA) is 3.24 Å². The van der Waals surface area contributed by atoms with Gasteiger partial charge in [0.25, 0.3) is 0 Å². The molecule has 0 aromatic carbocycles. The lowest BCUT2D eigenvalue weighted by Crippen LogP contribution is -2.42. The summed E-state index contributed by atoms with van der Waals surface area (Å²) in [6.45, 7) is 5.15. The van der Waals surface area contributed by atoms with E-state index in [1.54, 1.807) is 0 Å². The van der Waals surface area contributed by atoms with Crippen LogP contribution in [0.2, 0.25) is 0 Å². The minimum Gasteiger partial charge on any atom is -0.300 e. The lowest BCUT2D eigenvalue weighted by atomic mass is 9.93. The van der Waals surface area contributed by atoms with Crippen molar-refractivity contribution in [1.82, 2.24) is 4.90 Å². The molecule has 1 saturated carbocycles. The molecule has 0 radical (unpaired) electrons. The third-order valence-corrected chi connectivity index (χ3v) is 4.22. The summed E-state index contributed by atoms with van der Waals surface area (Å²) in [6.07, 6.45) is 11.8. The van der Waals surface area contributed by atoms with Crippen molar-refractivity contribution in [3.63, 3.8) is 0 Å². The van der Waals surface area contributed by atoms with Crippen molar-refractivity contribution < 1.29 is 0 Å². The first-order valence-corrected chi connectivity index (χ1v) is 6.66. The van der Waals surface area contributed by atoms with Crippen LogP contribution in [-0.4, -0.2) is 24.0 Å². The van der Waals surface area contributed by atoms with Gasteiger partial charge in [-0.1, -0.05) is 26.2 Å². The van der Waals surface area contributed by atoms with Gasteiger partial charge in [-0.2, -0.15) is 0 Å². The van der Waals surface area contributed by atoms with Crippen LogP contribution in [0.4, 0.5) is 0 Å². The lowest BCUT2D eigenvalue weighted by Gasteiger charge is -2.37. The number of likely N-dealkylation sites (tertiary alicyclic amines) is 1. The van der Waals surface area contributed by atoms with Gasteiger partial charge in [-0.3, -0.25) is 0 Å². The van der Waals surface area contributed by atoms with Crippen LogP contribution in [0.1, 0.15) is 58.3 Å². The second-order valence-electron chi connectivity index (χ2n) is 5.12. The van der Waals surface area contributed by atoms with Crippen LogP contribution in [-0.2, 0) is 0 Å². The van der Waals surface area contributed by atoms with E-state index in [0.717, 1.165) is 12.0 Å². The molecule has 0 unspecified atom stereocenters. The molecular formula is C13H25N. The first-order valence-electron chi connectivity index (χ1n) is 6.66. The number of nitrogens with zero attached hydrogens (tertiary/aromatic N) is 1. The summed E-state index contributed by atoms with van der Waals surface area (Å²) < 4.78 is 0. The highest BCUT2D eigenvalue weighted by atomic mass is 15.2. The lowest BCUT2D eigenvalue weighted by molar-refractivity contribution is 0.114. The van der Waals surface area contributed by atoms with Crippen molar-refractivity contribution in [3.8, 4) is 0 Å². The van der Waals surface area contributed by atoms with E-state index >= 15 is 0 Å². The Morgan fingerprint density at radius 1 is 1.00 bits per heavy atom. The van der Waals surface area contributed by atoms with Gasteiger partial charge in [0.2, 0.25) is 0 Å². The van der Waals surface area contributed by atoms with Gasteiger partial charge >= 0.3 is 0 Å². The second-order valence-corrected chi connectivity index (χ2v) is 5.12. The monoisotopic (exact) mass is 195 g/mol. The van der Waals surface area contributed by atoms with E-state index in [2.05, 4.69) is 11.8 Å². The average Bonchev–Trinajstić information content (AvgIpc) is 2.74. The maximum atomic E-state index is 2.79. The van der Waals surface area contributed by atoms with Gasteiger partial charge in [-0.15, -0.1) is 0 Å². The van der Waals surface area contributed by atoms with Gasteiger partial charge in [0, 0.05) is 6.04 Å². The van der Waals surface area contributed by atoms with Crippen LogP contribution < -0.4 is 0 Å². The molecule has 1 aliphatic carbocycles. The van der Waals surface area contributed by atoms with Gasteiger partial charge in [0.05, 0.1) is 0 Å². The predicted octanol–water partition coefficient (Wildman–Crippen LogP) is 3.44. The molecule has 1 nitrogen and oxygen atoms in total. The van der Waals surface area contributed by atoms with Crippen molar-refractivity contribution in [2.75, 3.05) is 13.1 Å². The highest BCUT2D eigenvalue weighted by Crippen LogP contribution is 2.32. The number of rotatable bonds is 3. The molecule has 1 aliphatic heterocycles. The fourth-order valence-corrected chi connectivity index (χ4v) is 3.48. The van der Waals surface area contributed by atoms with Gasteiger partial charge < -0.3 is 4.90 Å². The zero-order valence-corrected chi connectivity index (χ0v) is 9.67. The maximum absolute atomic E-state index is 2.79. The summed E-state index contributed by atoms with van der Waals surface area (Å²) in [5.74, 6) is 1.04. The quantitative estimate of drug-likeness (QED) is 0.667. The van der Waals surface area contributed by atoms with Crippen molar-refractivity contribution in [1.29, 1.82) is 0 Å². The third-order valence-electron chi connectivity index (χ3n) is 4.22. The average molecular weight is 195 g/mol. The smallest absolute Gasteiger partial charge is 0.0121 e. The molecular weight excluding hydrogens is 170 g/mol. The highest BCUT2D eigenvalue weighted by molar-refractivity contribution is 4.83. The molecule has 0 amide bonds. The number of piperidine rings is 1. The zero-order valence-electron chi connectivity index (χ0n) is 9.67. The molecule has 0 aromatic heterocycles. The summed E-state index contributed by atoms with van der Waals surface area (Å²) in [5.41, 5.74) is 0. The Balaban J connectivity index is 1.89. The van der Waals surface area contributed by atoms with Crippen LogP contribution in [0.3, 0.4) is 0 Å². The number of hydrogen-bond donors (Lipinski definition) is 0. The molecule has 82 valence electrons. The first-order chi connectivity index (χ1) is 6.92. The summed E-state index contributed by atoms with van der Waals surface area (Å²) in [4.78, 5) is 2.79. The first kappa shape index (κ1) is 10.5. The van der Waals surface area contributed by atoms with Gasteiger partial charge in [-0.25, -0.2) is 0 Å².